The van der Waals surface area contributed by atoms with E-state index in [0.29, 0.717) is 13.0 Å². The van der Waals surface area contributed by atoms with Gasteiger partial charge in [-0.1, -0.05) is 0 Å². The van der Waals surface area contributed by atoms with Crippen molar-refractivity contribution in [3.63, 3.8) is 0 Å². The Morgan fingerprint density at radius 2 is 2.19 bits per heavy atom. The van der Waals surface area contributed by atoms with E-state index in [1.807, 2.05) is 18.2 Å². The topological polar surface area (TPSA) is 59.6 Å². The second-order valence-corrected chi connectivity index (χ2v) is 3.42. The van der Waals surface area contributed by atoms with Gasteiger partial charge in [0, 0.05) is 31.8 Å². The van der Waals surface area contributed by atoms with Crippen LogP contribution in [0.15, 0.2) is 18.2 Å². The predicted octanol–water partition coefficient (Wildman–Crippen LogP) is 0.963. The van der Waals surface area contributed by atoms with E-state index in [1.54, 1.807) is 7.05 Å². The smallest absolute Gasteiger partial charge is 0.231 e. The summed E-state index contributed by atoms with van der Waals surface area (Å²) in [6.45, 7) is 0.871. The highest BCUT2D eigenvalue weighted by Crippen LogP contribution is 2.34. The molecule has 0 unspecified atom stereocenters. The van der Waals surface area contributed by atoms with Gasteiger partial charge < -0.3 is 20.1 Å². The van der Waals surface area contributed by atoms with E-state index in [4.69, 9.17) is 9.47 Å². The molecule has 0 atom stereocenters. The van der Waals surface area contributed by atoms with E-state index in [-0.39, 0.29) is 12.7 Å². The Hall–Kier alpha value is -1.91. The van der Waals surface area contributed by atoms with Crippen LogP contribution in [0.4, 0.5) is 5.69 Å². The molecule has 0 aliphatic carbocycles. The summed E-state index contributed by atoms with van der Waals surface area (Å²) in [6, 6.07) is 5.62. The van der Waals surface area contributed by atoms with E-state index in [2.05, 4.69) is 10.6 Å². The van der Waals surface area contributed by atoms with Gasteiger partial charge in [-0.2, -0.15) is 0 Å². The molecule has 5 heteroatoms. The molecule has 0 bridgehead atoms. The highest BCUT2D eigenvalue weighted by atomic mass is 16.7. The van der Waals surface area contributed by atoms with Crippen LogP contribution >= 0.6 is 0 Å². The number of rotatable bonds is 4. The number of amides is 1. The number of carbonyl (C=O) groups excluding carboxylic acids is 1. The molecule has 0 aromatic heterocycles. The molecule has 16 heavy (non-hydrogen) atoms. The average molecular weight is 222 g/mol. The zero-order valence-electron chi connectivity index (χ0n) is 9.08. The van der Waals surface area contributed by atoms with Crippen molar-refractivity contribution >= 4 is 11.6 Å². The Morgan fingerprint density at radius 1 is 1.38 bits per heavy atom. The van der Waals surface area contributed by atoms with Crippen LogP contribution in [-0.2, 0) is 4.79 Å². The molecule has 1 amide bonds. The third kappa shape index (κ3) is 2.36. The predicted molar refractivity (Wildman–Crippen MR) is 59.7 cm³/mol. The minimum atomic E-state index is 0.0215. The number of anilines is 1. The molecule has 2 rings (SSSR count). The van der Waals surface area contributed by atoms with Crippen molar-refractivity contribution < 1.29 is 14.3 Å². The van der Waals surface area contributed by atoms with E-state index in [0.717, 1.165) is 17.2 Å². The molecular weight excluding hydrogens is 208 g/mol. The van der Waals surface area contributed by atoms with Gasteiger partial charge in [-0.3, -0.25) is 4.79 Å². The summed E-state index contributed by atoms with van der Waals surface area (Å²) in [5, 5.41) is 5.71. The van der Waals surface area contributed by atoms with Crippen LogP contribution in [0.25, 0.3) is 0 Å². The summed E-state index contributed by atoms with van der Waals surface area (Å²) < 4.78 is 10.4. The molecule has 5 nitrogen and oxygen atoms in total. The second-order valence-electron chi connectivity index (χ2n) is 3.42. The number of carbonyl (C=O) groups is 1. The number of fused-ring (bicyclic) bond motifs is 1. The third-order valence-electron chi connectivity index (χ3n) is 2.33. The zero-order chi connectivity index (χ0) is 11.4. The summed E-state index contributed by atoms with van der Waals surface area (Å²) >= 11 is 0. The van der Waals surface area contributed by atoms with Gasteiger partial charge in [0.25, 0.3) is 0 Å². The zero-order valence-corrected chi connectivity index (χ0v) is 9.08. The number of benzene rings is 1. The molecule has 0 saturated heterocycles. The van der Waals surface area contributed by atoms with Gasteiger partial charge in [0.2, 0.25) is 12.7 Å². The standard InChI is InChI=1S/C11H14N2O3/c1-12-11(14)4-5-13-8-2-3-9-10(6-8)16-7-15-9/h2-3,6,13H,4-5,7H2,1H3,(H,12,14). The minimum Gasteiger partial charge on any atom is -0.454 e. The molecule has 1 aliphatic rings. The fourth-order valence-electron chi connectivity index (χ4n) is 1.45. The Balaban J connectivity index is 1.88. The first-order valence-corrected chi connectivity index (χ1v) is 5.13. The fourth-order valence-corrected chi connectivity index (χ4v) is 1.45. The van der Waals surface area contributed by atoms with Crippen molar-refractivity contribution in [2.24, 2.45) is 0 Å². The molecule has 2 N–H and O–H groups in total. The van der Waals surface area contributed by atoms with Crippen molar-refractivity contribution in [1.82, 2.24) is 5.32 Å². The van der Waals surface area contributed by atoms with Gasteiger partial charge in [-0.05, 0) is 12.1 Å². The van der Waals surface area contributed by atoms with Crippen LogP contribution in [0.1, 0.15) is 6.42 Å². The lowest BCUT2D eigenvalue weighted by atomic mass is 10.2. The number of nitrogens with one attached hydrogen (secondary N) is 2. The van der Waals surface area contributed by atoms with E-state index < -0.39 is 0 Å². The number of ether oxygens (including phenoxy) is 2. The fraction of sp³-hybridized carbons (Fsp3) is 0.364. The van der Waals surface area contributed by atoms with Crippen molar-refractivity contribution in [2.45, 2.75) is 6.42 Å². The van der Waals surface area contributed by atoms with Crippen molar-refractivity contribution in [1.29, 1.82) is 0 Å². The molecule has 0 radical (unpaired) electrons. The highest BCUT2D eigenvalue weighted by Gasteiger charge is 2.12. The van der Waals surface area contributed by atoms with Crippen LogP contribution in [0.5, 0.6) is 11.5 Å². The van der Waals surface area contributed by atoms with E-state index in [1.165, 1.54) is 0 Å². The average Bonchev–Trinajstić information content (AvgIpc) is 2.76. The van der Waals surface area contributed by atoms with Crippen LogP contribution in [0, 0.1) is 0 Å². The summed E-state index contributed by atoms with van der Waals surface area (Å²) in [7, 11) is 1.63. The van der Waals surface area contributed by atoms with Crippen LogP contribution in [-0.4, -0.2) is 26.3 Å². The first-order valence-electron chi connectivity index (χ1n) is 5.13. The summed E-state index contributed by atoms with van der Waals surface area (Å²) in [5.41, 5.74) is 0.924. The Morgan fingerprint density at radius 3 is 3.00 bits per heavy atom. The monoisotopic (exact) mass is 222 g/mol. The van der Waals surface area contributed by atoms with E-state index >= 15 is 0 Å². The van der Waals surface area contributed by atoms with Crippen molar-refractivity contribution in [3.8, 4) is 11.5 Å². The van der Waals surface area contributed by atoms with Gasteiger partial charge in [0.05, 0.1) is 0 Å². The summed E-state index contributed by atoms with van der Waals surface area (Å²) in [5.74, 6) is 1.52. The number of hydrogen-bond acceptors (Lipinski definition) is 4. The molecule has 0 fully saturated rings. The molecule has 1 aromatic carbocycles. The lowest BCUT2D eigenvalue weighted by molar-refractivity contribution is -0.120. The first kappa shape index (κ1) is 10.6. The lowest BCUT2D eigenvalue weighted by Gasteiger charge is -2.06. The van der Waals surface area contributed by atoms with Crippen molar-refractivity contribution in [3.05, 3.63) is 18.2 Å². The first-order chi connectivity index (χ1) is 7.79. The Labute approximate surface area is 93.7 Å². The molecule has 1 heterocycles. The normalized spacial score (nSPS) is 12.3. The molecule has 0 spiro atoms. The molecule has 1 aliphatic heterocycles. The van der Waals surface area contributed by atoms with Crippen LogP contribution in [0.3, 0.4) is 0 Å². The van der Waals surface area contributed by atoms with Gasteiger partial charge in [-0.25, -0.2) is 0 Å². The molecule has 86 valence electrons. The maximum Gasteiger partial charge on any atom is 0.231 e. The molecular formula is C11H14N2O3. The quantitative estimate of drug-likeness (QED) is 0.796. The Kier molecular flexibility index (Phi) is 3.14. The summed E-state index contributed by atoms with van der Waals surface area (Å²) in [4.78, 5) is 11.0. The van der Waals surface area contributed by atoms with Gasteiger partial charge in [-0.15, -0.1) is 0 Å². The number of hydrogen-bond donors (Lipinski definition) is 2. The maximum absolute atomic E-state index is 11.0. The molecule has 1 aromatic rings. The highest BCUT2D eigenvalue weighted by molar-refractivity contribution is 5.76. The van der Waals surface area contributed by atoms with Gasteiger partial charge in [0.1, 0.15) is 0 Å². The summed E-state index contributed by atoms with van der Waals surface area (Å²) in [6.07, 6.45) is 0.449. The minimum absolute atomic E-state index is 0.0215. The van der Waals surface area contributed by atoms with Crippen LogP contribution in [0.2, 0.25) is 0 Å². The molecule has 0 saturated carbocycles. The second kappa shape index (κ2) is 4.74. The van der Waals surface area contributed by atoms with Gasteiger partial charge in [0.15, 0.2) is 11.5 Å². The SMILES string of the molecule is CNC(=O)CCNc1ccc2c(c1)OCO2. The largest absolute Gasteiger partial charge is 0.454 e. The van der Waals surface area contributed by atoms with E-state index in [9.17, 15) is 4.79 Å². The maximum atomic E-state index is 11.0. The third-order valence-corrected chi connectivity index (χ3v) is 2.33. The Bertz CT molecular complexity index is 393. The lowest BCUT2D eigenvalue weighted by Crippen LogP contribution is -2.20. The van der Waals surface area contributed by atoms with Crippen molar-refractivity contribution in [2.75, 3.05) is 25.7 Å². The van der Waals surface area contributed by atoms with Crippen LogP contribution < -0.4 is 20.1 Å². The van der Waals surface area contributed by atoms with Gasteiger partial charge >= 0.3 is 0 Å².